The molecule has 0 aromatic carbocycles. The molecule has 3 aliphatic carbocycles. The largest absolute Gasteiger partial charge is 0.459 e. The third-order valence-corrected chi connectivity index (χ3v) is 4.81. The lowest BCUT2D eigenvalue weighted by Gasteiger charge is -2.28. The number of ether oxygens (including phenoxy) is 1. The highest BCUT2D eigenvalue weighted by molar-refractivity contribution is 5.81. The fourth-order valence-corrected chi connectivity index (χ4v) is 4.35. The van der Waals surface area contributed by atoms with Gasteiger partial charge in [0.05, 0.1) is 0 Å². The molecule has 0 spiro atoms. The first kappa shape index (κ1) is 9.44. The summed E-state index contributed by atoms with van der Waals surface area (Å²) in [5.41, 5.74) is 0. The maximum atomic E-state index is 11.2. The molecule has 3 fully saturated rings. The molecule has 2 heteroatoms. The van der Waals surface area contributed by atoms with Gasteiger partial charge in [-0.1, -0.05) is 6.58 Å². The molecule has 0 saturated heterocycles. The summed E-state index contributed by atoms with van der Waals surface area (Å²) in [4.78, 5) is 11.2. The molecule has 0 aliphatic heterocycles. The fraction of sp³-hybridized carbons (Fsp3) is 0.769. The van der Waals surface area contributed by atoms with Gasteiger partial charge in [-0.2, -0.15) is 0 Å². The normalized spacial score (nSPS) is 46.5. The minimum atomic E-state index is -0.233. The Balaban J connectivity index is 1.72. The monoisotopic (exact) mass is 206 g/mol. The van der Waals surface area contributed by atoms with Gasteiger partial charge in [-0.25, -0.2) is 4.79 Å². The predicted octanol–water partition coefficient (Wildman–Crippen LogP) is 2.54. The van der Waals surface area contributed by atoms with E-state index in [0.717, 1.165) is 24.2 Å². The van der Waals surface area contributed by atoms with Crippen molar-refractivity contribution in [1.82, 2.24) is 0 Å². The topological polar surface area (TPSA) is 26.3 Å². The highest BCUT2D eigenvalue weighted by Crippen LogP contribution is 2.59. The first-order valence-electron chi connectivity index (χ1n) is 6.12. The Morgan fingerprint density at radius 2 is 2.00 bits per heavy atom. The summed E-state index contributed by atoms with van der Waals surface area (Å²) in [6, 6.07) is 0. The SMILES string of the molecule is C=CC(=O)OC1CCC2C1[C@@H]1CC[C@H]2C1. The van der Waals surface area contributed by atoms with E-state index in [1.54, 1.807) is 0 Å². The third kappa shape index (κ3) is 1.34. The molecule has 2 bridgehead atoms. The first-order valence-corrected chi connectivity index (χ1v) is 6.12. The quantitative estimate of drug-likeness (QED) is 0.512. The van der Waals surface area contributed by atoms with Gasteiger partial charge in [-0.05, 0) is 49.9 Å². The summed E-state index contributed by atoms with van der Waals surface area (Å²) in [6.45, 7) is 3.46. The van der Waals surface area contributed by atoms with Gasteiger partial charge in [0.1, 0.15) is 6.10 Å². The highest BCUT2D eigenvalue weighted by atomic mass is 16.5. The van der Waals surface area contributed by atoms with Gasteiger partial charge in [0.2, 0.25) is 0 Å². The molecular weight excluding hydrogens is 188 g/mol. The minimum Gasteiger partial charge on any atom is -0.459 e. The van der Waals surface area contributed by atoms with E-state index in [0.29, 0.717) is 5.92 Å². The molecular formula is C13H18O2. The number of hydrogen-bond acceptors (Lipinski definition) is 2. The smallest absolute Gasteiger partial charge is 0.330 e. The van der Waals surface area contributed by atoms with Crippen molar-refractivity contribution >= 4 is 5.97 Å². The van der Waals surface area contributed by atoms with E-state index in [4.69, 9.17) is 4.74 Å². The van der Waals surface area contributed by atoms with Crippen molar-refractivity contribution in [3.63, 3.8) is 0 Å². The van der Waals surface area contributed by atoms with Gasteiger partial charge in [-0.15, -0.1) is 0 Å². The molecule has 0 aromatic rings. The Morgan fingerprint density at radius 1 is 1.20 bits per heavy atom. The van der Waals surface area contributed by atoms with Crippen molar-refractivity contribution in [2.75, 3.05) is 0 Å². The second-order valence-electron chi connectivity index (χ2n) is 5.33. The number of carbonyl (C=O) groups is 1. The van der Waals surface area contributed by atoms with Gasteiger partial charge in [0.25, 0.3) is 0 Å². The second-order valence-corrected chi connectivity index (χ2v) is 5.33. The second kappa shape index (κ2) is 3.36. The van der Waals surface area contributed by atoms with Crippen LogP contribution in [0, 0.1) is 23.7 Å². The zero-order chi connectivity index (χ0) is 10.4. The van der Waals surface area contributed by atoms with Gasteiger partial charge < -0.3 is 4.74 Å². The summed E-state index contributed by atoms with van der Waals surface area (Å²) >= 11 is 0. The molecule has 3 unspecified atom stereocenters. The van der Waals surface area contributed by atoms with Crippen molar-refractivity contribution in [2.45, 2.75) is 38.2 Å². The summed E-state index contributed by atoms with van der Waals surface area (Å²) in [5.74, 6) is 3.12. The van der Waals surface area contributed by atoms with E-state index in [1.807, 2.05) is 0 Å². The van der Waals surface area contributed by atoms with Crippen LogP contribution in [0.3, 0.4) is 0 Å². The third-order valence-electron chi connectivity index (χ3n) is 4.81. The molecule has 0 heterocycles. The van der Waals surface area contributed by atoms with Crippen molar-refractivity contribution in [3.05, 3.63) is 12.7 Å². The lowest BCUT2D eigenvalue weighted by atomic mass is 9.81. The Labute approximate surface area is 90.7 Å². The van der Waals surface area contributed by atoms with Crippen molar-refractivity contribution < 1.29 is 9.53 Å². The standard InChI is InChI=1S/C13H18O2/c1-2-12(14)15-11-6-5-10-8-3-4-9(7-8)13(10)11/h2,8-11,13H,1,3-7H2/t8-,9+,10?,11?,13?/m0/s1. The summed E-state index contributed by atoms with van der Waals surface area (Å²) in [5, 5.41) is 0. The molecule has 0 radical (unpaired) electrons. The van der Waals surface area contributed by atoms with Crippen LogP contribution in [-0.2, 0) is 9.53 Å². The minimum absolute atomic E-state index is 0.204. The Kier molecular flexibility index (Phi) is 2.11. The maximum Gasteiger partial charge on any atom is 0.330 e. The van der Waals surface area contributed by atoms with Crippen LogP contribution >= 0.6 is 0 Å². The zero-order valence-corrected chi connectivity index (χ0v) is 9.02. The number of fused-ring (bicyclic) bond motifs is 5. The van der Waals surface area contributed by atoms with Crippen molar-refractivity contribution in [3.8, 4) is 0 Å². The fourth-order valence-electron chi connectivity index (χ4n) is 4.35. The number of hydrogen-bond donors (Lipinski definition) is 0. The van der Waals surface area contributed by atoms with Crippen molar-refractivity contribution in [1.29, 1.82) is 0 Å². The molecule has 2 nitrogen and oxygen atoms in total. The molecule has 0 amide bonds. The molecule has 3 saturated carbocycles. The van der Waals surface area contributed by atoms with Gasteiger partial charge in [0, 0.05) is 12.0 Å². The van der Waals surface area contributed by atoms with E-state index in [-0.39, 0.29) is 12.1 Å². The number of carbonyl (C=O) groups excluding carboxylic acids is 1. The van der Waals surface area contributed by atoms with Crippen LogP contribution in [0.15, 0.2) is 12.7 Å². The number of rotatable bonds is 2. The van der Waals surface area contributed by atoms with Gasteiger partial charge in [0.15, 0.2) is 0 Å². The molecule has 3 aliphatic rings. The molecule has 5 atom stereocenters. The van der Waals surface area contributed by atoms with Crippen LogP contribution < -0.4 is 0 Å². The zero-order valence-electron chi connectivity index (χ0n) is 9.02. The van der Waals surface area contributed by atoms with Crippen LogP contribution in [0.5, 0.6) is 0 Å². The van der Waals surface area contributed by atoms with E-state index >= 15 is 0 Å². The van der Waals surface area contributed by atoms with Crippen LogP contribution in [0.25, 0.3) is 0 Å². The summed E-state index contributed by atoms with van der Waals surface area (Å²) in [6.07, 6.45) is 8.05. The first-order chi connectivity index (χ1) is 7.29. The van der Waals surface area contributed by atoms with Crippen LogP contribution in [0.1, 0.15) is 32.1 Å². The van der Waals surface area contributed by atoms with E-state index < -0.39 is 0 Å². The molecule has 82 valence electrons. The van der Waals surface area contributed by atoms with Crippen LogP contribution in [0.2, 0.25) is 0 Å². The summed E-state index contributed by atoms with van der Waals surface area (Å²) in [7, 11) is 0. The van der Waals surface area contributed by atoms with E-state index in [9.17, 15) is 4.79 Å². The van der Waals surface area contributed by atoms with Crippen molar-refractivity contribution in [2.24, 2.45) is 23.7 Å². The Hall–Kier alpha value is -0.790. The molecule has 0 aromatic heterocycles. The molecule has 15 heavy (non-hydrogen) atoms. The Morgan fingerprint density at radius 3 is 2.80 bits per heavy atom. The lowest BCUT2D eigenvalue weighted by molar-refractivity contribution is -0.145. The average Bonchev–Trinajstić information content (AvgIpc) is 2.89. The van der Waals surface area contributed by atoms with E-state index in [1.165, 1.54) is 31.8 Å². The lowest BCUT2D eigenvalue weighted by Crippen LogP contribution is -2.29. The highest BCUT2D eigenvalue weighted by Gasteiger charge is 2.54. The number of esters is 1. The molecule has 3 rings (SSSR count). The Bertz CT molecular complexity index is 297. The predicted molar refractivity (Wildman–Crippen MR) is 57.1 cm³/mol. The molecule has 0 N–H and O–H groups in total. The van der Waals surface area contributed by atoms with Gasteiger partial charge in [-0.3, -0.25) is 0 Å². The summed E-state index contributed by atoms with van der Waals surface area (Å²) < 4.78 is 5.47. The average molecular weight is 206 g/mol. The van der Waals surface area contributed by atoms with E-state index in [2.05, 4.69) is 6.58 Å². The van der Waals surface area contributed by atoms with Crippen LogP contribution in [0.4, 0.5) is 0 Å². The maximum absolute atomic E-state index is 11.2. The van der Waals surface area contributed by atoms with Gasteiger partial charge >= 0.3 is 5.97 Å². The van der Waals surface area contributed by atoms with Crippen LogP contribution in [-0.4, -0.2) is 12.1 Å².